The molecule has 4 heterocycles. The molecule has 1 aliphatic rings. The Morgan fingerprint density at radius 3 is 2.72 bits per heavy atom. The van der Waals surface area contributed by atoms with Crippen LogP contribution in [0.2, 0.25) is 5.02 Å². The van der Waals surface area contributed by atoms with E-state index in [-0.39, 0.29) is 5.91 Å². The van der Waals surface area contributed by atoms with Crippen LogP contribution in [0.15, 0.2) is 43.0 Å². The van der Waals surface area contributed by atoms with Crippen LogP contribution in [0.3, 0.4) is 0 Å². The van der Waals surface area contributed by atoms with Gasteiger partial charge in [0.1, 0.15) is 0 Å². The fraction of sp³-hybridized carbons (Fsp3) is 0.273. The zero-order valence-corrected chi connectivity index (χ0v) is 18.6. The average Bonchev–Trinajstić information content (AvgIpc) is 3.43. The standard InChI is InChI=1S/C22H23ClN8O/c1-14-13-31-19(15-10-25-26-11-15)12-24-21(31)20(27-14)28-16-3-4-17(18(23)9-16)22(32)30-7-5-29(2)6-8-30/h3-4,9-13H,5-8H2,1-2H3,(H,25,26)(H,27,28). The summed E-state index contributed by atoms with van der Waals surface area (Å²) in [6.45, 7) is 5.06. The van der Waals surface area contributed by atoms with Crippen LogP contribution >= 0.6 is 11.6 Å². The van der Waals surface area contributed by atoms with Gasteiger partial charge in [0.05, 0.1) is 34.4 Å². The lowest BCUT2D eigenvalue weighted by atomic mass is 10.1. The van der Waals surface area contributed by atoms with Gasteiger partial charge in [0.15, 0.2) is 11.5 Å². The molecule has 164 valence electrons. The number of piperazine rings is 1. The maximum Gasteiger partial charge on any atom is 0.255 e. The zero-order chi connectivity index (χ0) is 22.2. The number of carbonyl (C=O) groups is 1. The molecular weight excluding hydrogens is 428 g/mol. The molecule has 1 amide bonds. The number of amides is 1. The summed E-state index contributed by atoms with van der Waals surface area (Å²) in [5.41, 5.74) is 4.60. The van der Waals surface area contributed by atoms with Crippen LogP contribution in [-0.4, -0.2) is 73.5 Å². The molecule has 0 saturated carbocycles. The highest BCUT2D eigenvalue weighted by molar-refractivity contribution is 6.34. The molecule has 4 aromatic rings. The first kappa shape index (κ1) is 20.5. The van der Waals surface area contributed by atoms with Crippen molar-refractivity contribution >= 4 is 34.7 Å². The molecule has 9 nitrogen and oxygen atoms in total. The number of imidazole rings is 1. The fourth-order valence-corrected chi connectivity index (χ4v) is 4.14. The number of H-pyrrole nitrogens is 1. The Morgan fingerprint density at radius 1 is 1.19 bits per heavy atom. The quantitative estimate of drug-likeness (QED) is 0.495. The molecule has 1 saturated heterocycles. The number of aromatic nitrogens is 5. The average molecular weight is 451 g/mol. The second-order valence-electron chi connectivity index (χ2n) is 7.97. The molecule has 10 heteroatoms. The second kappa shape index (κ2) is 8.25. The topological polar surface area (TPSA) is 94.5 Å². The molecule has 1 fully saturated rings. The van der Waals surface area contributed by atoms with E-state index in [9.17, 15) is 4.79 Å². The molecule has 3 aromatic heterocycles. The van der Waals surface area contributed by atoms with Crippen molar-refractivity contribution in [1.29, 1.82) is 0 Å². The number of halogens is 1. The van der Waals surface area contributed by atoms with E-state index in [1.165, 1.54) is 0 Å². The first-order valence-electron chi connectivity index (χ1n) is 10.4. The highest BCUT2D eigenvalue weighted by atomic mass is 35.5. The van der Waals surface area contributed by atoms with Gasteiger partial charge in [0.2, 0.25) is 0 Å². The second-order valence-corrected chi connectivity index (χ2v) is 8.38. The van der Waals surface area contributed by atoms with E-state index in [0.717, 1.165) is 35.7 Å². The van der Waals surface area contributed by atoms with Gasteiger partial charge in [-0.05, 0) is 32.2 Å². The number of nitrogens with zero attached hydrogens (tertiary/aromatic N) is 6. The maximum atomic E-state index is 12.9. The van der Waals surface area contributed by atoms with E-state index < -0.39 is 0 Å². The van der Waals surface area contributed by atoms with Gasteiger partial charge in [-0.3, -0.25) is 14.3 Å². The maximum absolute atomic E-state index is 12.9. The van der Waals surface area contributed by atoms with Crippen molar-refractivity contribution in [3.8, 4) is 11.3 Å². The lowest BCUT2D eigenvalue weighted by Gasteiger charge is -2.32. The van der Waals surface area contributed by atoms with E-state index in [2.05, 4.69) is 37.4 Å². The SMILES string of the molecule is Cc1cn2c(-c3cn[nH]c3)cnc2c(Nc2ccc(C(=O)N3CCN(C)CC3)c(Cl)c2)n1. The third-order valence-corrected chi connectivity index (χ3v) is 5.97. The highest BCUT2D eigenvalue weighted by Gasteiger charge is 2.22. The third-order valence-electron chi connectivity index (χ3n) is 5.66. The number of nitrogens with one attached hydrogen (secondary N) is 2. The summed E-state index contributed by atoms with van der Waals surface area (Å²) in [6, 6.07) is 5.36. The van der Waals surface area contributed by atoms with Gasteiger partial charge in [-0.1, -0.05) is 11.6 Å². The van der Waals surface area contributed by atoms with Crippen molar-refractivity contribution in [3.05, 3.63) is 59.3 Å². The third kappa shape index (κ3) is 3.80. The lowest BCUT2D eigenvalue weighted by molar-refractivity contribution is 0.0664. The molecule has 0 atom stereocenters. The highest BCUT2D eigenvalue weighted by Crippen LogP contribution is 2.28. The molecular formula is C22H23ClN8O. The van der Waals surface area contributed by atoms with Crippen LogP contribution < -0.4 is 5.32 Å². The summed E-state index contributed by atoms with van der Waals surface area (Å²) in [6.07, 6.45) is 7.29. The predicted octanol–water partition coefficient (Wildman–Crippen LogP) is 3.21. The van der Waals surface area contributed by atoms with Crippen molar-refractivity contribution < 1.29 is 4.79 Å². The minimum absolute atomic E-state index is 0.0382. The van der Waals surface area contributed by atoms with Crippen LogP contribution in [0.25, 0.3) is 16.9 Å². The molecule has 32 heavy (non-hydrogen) atoms. The smallest absolute Gasteiger partial charge is 0.255 e. The number of carbonyl (C=O) groups excluding carboxylic acids is 1. The van der Waals surface area contributed by atoms with E-state index in [4.69, 9.17) is 11.6 Å². The fourth-order valence-electron chi connectivity index (χ4n) is 3.88. The van der Waals surface area contributed by atoms with Crippen LogP contribution in [0.5, 0.6) is 0 Å². The molecule has 2 N–H and O–H groups in total. The summed E-state index contributed by atoms with van der Waals surface area (Å²) in [5.74, 6) is 0.567. The first-order valence-corrected chi connectivity index (χ1v) is 10.8. The number of hydrogen-bond donors (Lipinski definition) is 2. The van der Waals surface area contributed by atoms with E-state index in [1.54, 1.807) is 24.5 Å². The number of rotatable bonds is 4. The Bertz CT molecular complexity index is 1270. The molecule has 0 spiro atoms. The number of hydrogen-bond acceptors (Lipinski definition) is 6. The van der Waals surface area contributed by atoms with Gasteiger partial charge < -0.3 is 15.1 Å². The number of aryl methyl sites for hydroxylation is 1. The van der Waals surface area contributed by atoms with Crippen molar-refractivity contribution in [1.82, 2.24) is 34.4 Å². The van der Waals surface area contributed by atoms with Crippen molar-refractivity contribution in [3.63, 3.8) is 0 Å². The van der Waals surface area contributed by atoms with E-state index >= 15 is 0 Å². The normalized spacial score (nSPS) is 14.8. The first-order chi connectivity index (χ1) is 15.5. The molecule has 0 bridgehead atoms. The molecule has 1 aromatic carbocycles. The number of fused-ring (bicyclic) bond motifs is 1. The predicted molar refractivity (Wildman–Crippen MR) is 123 cm³/mol. The minimum Gasteiger partial charge on any atom is -0.337 e. The zero-order valence-electron chi connectivity index (χ0n) is 17.8. The summed E-state index contributed by atoms with van der Waals surface area (Å²) >= 11 is 6.51. The van der Waals surface area contributed by atoms with Crippen molar-refractivity contribution in [2.75, 3.05) is 38.5 Å². The molecule has 0 unspecified atom stereocenters. The van der Waals surface area contributed by atoms with Gasteiger partial charge in [0.25, 0.3) is 5.91 Å². The summed E-state index contributed by atoms with van der Waals surface area (Å²) < 4.78 is 1.97. The molecule has 5 rings (SSSR count). The molecule has 0 radical (unpaired) electrons. The molecule has 1 aliphatic heterocycles. The number of benzene rings is 1. The van der Waals surface area contributed by atoms with Crippen LogP contribution in [0.4, 0.5) is 11.5 Å². The number of aromatic amines is 1. The number of likely N-dealkylation sites (N-methyl/N-ethyl adjacent to an activating group) is 1. The Kier molecular flexibility index (Phi) is 5.28. The summed E-state index contributed by atoms with van der Waals surface area (Å²) in [4.78, 5) is 26.1. The van der Waals surface area contributed by atoms with E-state index in [1.807, 2.05) is 34.7 Å². The van der Waals surface area contributed by atoms with Crippen LogP contribution in [-0.2, 0) is 0 Å². The van der Waals surface area contributed by atoms with Gasteiger partial charge in [-0.25, -0.2) is 9.97 Å². The van der Waals surface area contributed by atoms with Crippen LogP contribution in [0.1, 0.15) is 16.1 Å². The Labute approximate surface area is 190 Å². The Balaban J connectivity index is 1.42. The van der Waals surface area contributed by atoms with E-state index in [0.29, 0.717) is 35.1 Å². The lowest BCUT2D eigenvalue weighted by Crippen LogP contribution is -2.47. The van der Waals surface area contributed by atoms with Gasteiger partial charge in [-0.15, -0.1) is 0 Å². The summed E-state index contributed by atoms with van der Waals surface area (Å²) in [5, 5.41) is 10.6. The number of anilines is 2. The largest absolute Gasteiger partial charge is 0.337 e. The van der Waals surface area contributed by atoms with Gasteiger partial charge >= 0.3 is 0 Å². The Morgan fingerprint density at radius 2 is 2.00 bits per heavy atom. The molecule has 0 aliphatic carbocycles. The van der Waals surface area contributed by atoms with Gasteiger partial charge in [-0.2, -0.15) is 5.10 Å². The Hall–Kier alpha value is -3.43. The van der Waals surface area contributed by atoms with Crippen LogP contribution in [0, 0.1) is 6.92 Å². The monoisotopic (exact) mass is 450 g/mol. The minimum atomic E-state index is -0.0382. The summed E-state index contributed by atoms with van der Waals surface area (Å²) in [7, 11) is 2.06. The van der Waals surface area contributed by atoms with Crippen molar-refractivity contribution in [2.24, 2.45) is 0 Å². The van der Waals surface area contributed by atoms with Crippen molar-refractivity contribution in [2.45, 2.75) is 6.92 Å². The van der Waals surface area contributed by atoms with Gasteiger partial charge in [0, 0.05) is 49.8 Å².